The van der Waals surface area contributed by atoms with E-state index in [1.165, 1.54) is 12.1 Å². The van der Waals surface area contributed by atoms with Gasteiger partial charge in [-0.2, -0.15) is 0 Å². The molecule has 2 aromatic heterocycles. The highest BCUT2D eigenvalue weighted by Crippen LogP contribution is 2.35. The molecule has 10 nitrogen and oxygen atoms in total. The first-order valence-corrected chi connectivity index (χ1v) is 18.0. The molecule has 0 aliphatic heterocycles. The molecule has 2 aliphatic carbocycles. The van der Waals surface area contributed by atoms with Gasteiger partial charge in [-0.25, -0.2) is 23.5 Å². The summed E-state index contributed by atoms with van der Waals surface area (Å²) in [6, 6.07) is 12.7. The van der Waals surface area contributed by atoms with Crippen LogP contribution in [0.2, 0.25) is 10.0 Å². The van der Waals surface area contributed by atoms with Crippen molar-refractivity contribution in [2.45, 2.75) is 78.0 Å². The fraction of sp³-hybridized carbons (Fsp3) is 0.359. The highest BCUT2D eigenvalue weighted by molar-refractivity contribution is 6.32. The zero-order valence-corrected chi connectivity index (χ0v) is 32.8. The van der Waals surface area contributed by atoms with E-state index in [4.69, 9.17) is 33.7 Å². The van der Waals surface area contributed by atoms with E-state index >= 15 is 0 Å². The van der Waals surface area contributed by atoms with E-state index in [0.29, 0.717) is 43.9 Å². The van der Waals surface area contributed by atoms with Crippen molar-refractivity contribution in [2.75, 3.05) is 10.6 Å². The number of carbonyl (C=O) groups is 3. The number of hydrogen-bond acceptors (Lipinski definition) is 7. The molecule has 2 aliphatic rings. The Morgan fingerprint density at radius 2 is 1.20 bits per heavy atom. The Kier molecular flexibility index (Phi) is 14.0. The van der Waals surface area contributed by atoms with E-state index < -0.39 is 29.4 Å². The third-order valence-corrected chi connectivity index (χ3v) is 9.08. The van der Waals surface area contributed by atoms with Gasteiger partial charge in [-0.05, 0) is 107 Å². The molecule has 2 saturated carbocycles. The van der Waals surface area contributed by atoms with Crippen molar-refractivity contribution in [1.82, 2.24) is 15.3 Å². The topological polar surface area (TPSA) is 148 Å². The minimum Gasteiger partial charge on any atom is -0.444 e. The van der Waals surface area contributed by atoms with Crippen LogP contribution in [0.3, 0.4) is 0 Å². The van der Waals surface area contributed by atoms with E-state index in [2.05, 4.69) is 25.9 Å². The molecule has 0 spiro atoms. The van der Waals surface area contributed by atoms with Crippen LogP contribution < -0.4 is 21.7 Å². The molecule has 288 valence electrons. The number of benzene rings is 2. The molecule has 2 aromatic carbocycles. The lowest BCUT2D eigenvalue weighted by atomic mass is 10.0. The summed E-state index contributed by atoms with van der Waals surface area (Å²) in [5, 5.41) is 9.02. The number of rotatable bonds is 9. The number of nitrogens with two attached hydrogens (primary N) is 1. The first kappa shape index (κ1) is 42.4. The number of nitrogens with one attached hydrogen (secondary N) is 3. The van der Waals surface area contributed by atoms with Crippen molar-refractivity contribution in [3.63, 3.8) is 0 Å². The maximum absolute atomic E-state index is 14.4. The first-order chi connectivity index (χ1) is 25.0. The molecule has 2 atom stereocenters. The largest absolute Gasteiger partial charge is 0.444 e. The zero-order chi connectivity index (χ0) is 38.6. The maximum Gasteiger partial charge on any atom is 0.408 e. The van der Waals surface area contributed by atoms with Gasteiger partial charge in [0.2, 0.25) is 11.8 Å². The van der Waals surface area contributed by atoms with Gasteiger partial charge in [-0.15, -0.1) is 12.4 Å². The normalized spacial score (nSPS) is 14.7. The summed E-state index contributed by atoms with van der Waals surface area (Å²) in [4.78, 5) is 43.6. The standard InChI is InChI=1S/C22H25ClFN3O3.C17H17ClFN3O.ClH/c1-12(26-21(29)30-22(2,3)4)15-8-7-14(9-17(15)23)16-10-19(25-11-18(16)24)27-20(28)13-5-6-13;1-9(20)12-5-4-11(6-14(12)18)13-7-16(21-8-15(13)19)22-17(23)10-2-3-10;/h7-13H,5-6H2,1-4H3,(H,26,29)(H,25,27,28);4-10H,2-3,20H2,1H3,(H,21,22,23);1H/t12-;9-;/m11./s1. The summed E-state index contributed by atoms with van der Waals surface area (Å²) < 4.78 is 33.8. The van der Waals surface area contributed by atoms with Crippen molar-refractivity contribution >= 4 is 65.2 Å². The molecule has 2 heterocycles. The number of carbonyl (C=O) groups excluding carboxylic acids is 3. The second-order valence-electron chi connectivity index (χ2n) is 14.3. The fourth-order valence-electron chi connectivity index (χ4n) is 5.28. The maximum atomic E-state index is 14.4. The van der Waals surface area contributed by atoms with Crippen molar-refractivity contribution in [3.05, 3.63) is 93.7 Å². The molecule has 0 bridgehead atoms. The summed E-state index contributed by atoms with van der Waals surface area (Å²) in [5.41, 5.74) is 8.45. The van der Waals surface area contributed by atoms with Gasteiger partial charge in [-0.1, -0.05) is 47.5 Å². The average molecular weight is 804 g/mol. The second-order valence-corrected chi connectivity index (χ2v) is 15.1. The first-order valence-electron chi connectivity index (χ1n) is 17.3. The average Bonchev–Trinajstić information content (AvgIpc) is 3.99. The quantitative estimate of drug-likeness (QED) is 0.132. The van der Waals surface area contributed by atoms with Crippen LogP contribution in [0.15, 0.2) is 60.9 Å². The number of hydrogen-bond donors (Lipinski definition) is 4. The molecular formula is C39H43Cl3F2N6O4. The second kappa shape index (κ2) is 17.9. The van der Waals surface area contributed by atoms with Crippen LogP contribution in [0.5, 0.6) is 0 Å². The molecule has 0 radical (unpaired) electrons. The van der Waals surface area contributed by atoms with E-state index in [9.17, 15) is 23.2 Å². The van der Waals surface area contributed by atoms with Crippen LogP contribution >= 0.6 is 35.6 Å². The van der Waals surface area contributed by atoms with E-state index in [-0.39, 0.29) is 47.7 Å². The van der Waals surface area contributed by atoms with Gasteiger partial charge in [0.15, 0.2) is 0 Å². The predicted octanol–water partition coefficient (Wildman–Crippen LogP) is 9.81. The summed E-state index contributed by atoms with van der Waals surface area (Å²) in [5.74, 6) is -0.453. The highest BCUT2D eigenvalue weighted by Gasteiger charge is 2.31. The zero-order valence-electron chi connectivity index (χ0n) is 30.4. The molecule has 6 rings (SSSR count). The number of pyridine rings is 2. The highest BCUT2D eigenvalue weighted by atomic mass is 35.5. The Morgan fingerprint density at radius 3 is 1.57 bits per heavy atom. The third kappa shape index (κ3) is 11.6. The summed E-state index contributed by atoms with van der Waals surface area (Å²) >= 11 is 12.6. The molecular weight excluding hydrogens is 761 g/mol. The van der Waals surface area contributed by atoms with Crippen LogP contribution in [0.1, 0.15) is 83.5 Å². The van der Waals surface area contributed by atoms with Crippen molar-refractivity contribution in [2.24, 2.45) is 17.6 Å². The van der Waals surface area contributed by atoms with Crippen molar-refractivity contribution in [1.29, 1.82) is 0 Å². The summed E-state index contributed by atoms with van der Waals surface area (Å²) in [7, 11) is 0. The van der Waals surface area contributed by atoms with Gasteiger partial charge in [0.1, 0.15) is 28.9 Å². The Hall–Kier alpha value is -4.36. The smallest absolute Gasteiger partial charge is 0.408 e. The number of anilines is 2. The molecule has 5 N–H and O–H groups in total. The lowest BCUT2D eigenvalue weighted by molar-refractivity contribution is -0.118. The minimum atomic E-state index is -0.608. The monoisotopic (exact) mass is 802 g/mol. The third-order valence-electron chi connectivity index (χ3n) is 8.42. The van der Waals surface area contributed by atoms with Gasteiger partial charge in [0.25, 0.3) is 0 Å². The van der Waals surface area contributed by atoms with Gasteiger partial charge < -0.3 is 26.4 Å². The van der Waals surface area contributed by atoms with E-state index in [0.717, 1.165) is 43.6 Å². The molecule has 0 saturated heterocycles. The van der Waals surface area contributed by atoms with E-state index in [1.54, 1.807) is 64.1 Å². The summed E-state index contributed by atoms with van der Waals surface area (Å²) in [6.07, 6.45) is 5.16. The molecule has 0 unspecified atom stereocenters. The van der Waals surface area contributed by atoms with Gasteiger partial charge in [-0.3, -0.25) is 9.59 Å². The lowest BCUT2D eigenvalue weighted by Crippen LogP contribution is -2.34. The van der Waals surface area contributed by atoms with Crippen LogP contribution in [-0.2, 0) is 14.3 Å². The number of aromatic nitrogens is 2. The van der Waals surface area contributed by atoms with Crippen molar-refractivity contribution in [3.8, 4) is 22.3 Å². The van der Waals surface area contributed by atoms with Crippen LogP contribution in [0, 0.1) is 23.5 Å². The molecule has 4 aromatic rings. The van der Waals surface area contributed by atoms with Gasteiger partial charge in [0.05, 0.1) is 18.4 Å². The number of nitrogens with zero attached hydrogens (tertiary/aromatic N) is 2. The lowest BCUT2D eigenvalue weighted by Gasteiger charge is -2.22. The molecule has 54 heavy (non-hydrogen) atoms. The Morgan fingerprint density at radius 1 is 0.778 bits per heavy atom. The number of ether oxygens (including phenoxy) is 1. The molecule has 2 fully saturated rings. The SMILES string of the molecule is C[C@@H](N)c1ccc(-c2cc(NC(=O)C3CC3)ncc2F)cc1Cl.C[C@@H](NC(=O)OC(C)(C)C)c1ccc(-c2cc(NC(=O)C3CC3)ncc2F)cc1Cl.Cl. The number of alkyl carbamates (subject to hydrolysis) is 1. The number of amides is 3. The predicted molar refractivity (Wildman–Crippen MR) is 210 cm³/mol. The van der Waals surface area contributed by atoms with Crippen LogP contribution in [0.25, 0.3) is 22.3 Å². The van der Waals surface area contributed by atoms with Crippen molar-refractivity contribution < 1.29 is 27.9 Å². The van der Waals surface area contributed by atoms with Crippen LogP contribution in [0.4, 0.5) is 25.2 Å². The van der Waals surface area contributed by atoms with E-state index in [1.807, 2.05) is 6.92 Å². The minimum absolute atomic E-state index is 0. The molecule has 15 heteroatoms. The Bertz CT molecular complexity index is 2020. The molecule has 3 amide bonds. The Labute approximate surface area is 329 Å². The van der Waals surface area contributed by atoms with Gasteiger partial charge in [0, 0.05) is 39.0 Å². The Balaban J connectivity index is 0.000000244. The number of halogens is 5. The summed E-state index contributed by atoms with van der Waals surface area (Å²) in [6.45, 7) is 8.96. The van der Waals surface area contributed by atoms with Crippen LogP contribution in [-0.4, -0.2) is 33.5 Å². The fourth-order valence-corrected chi connectivity index (χ4v) is 5.97. The van der Waals surface area contributed by atoms with Gasteiger partial charge >= 0.3 is 6.09 Å².